The van der Waals surface area contributed by atoms with E-state index in [9.17, 15) is 14.4 Å². The van der Waals surface area contributed by atoms with Crippen molar-refractivity contribution < 1.29 is 19.1 Å². The van der Waals surface area contributed by atoms with E-state index >= 15 is 0 Å². The number of amides is 1. The second-order valence-electron chi connectivity index (χ2n) is 8.91. The first kappa shape index (κ1) is 25.4. The SMILES string of the molecule is C=CCOC(=O)C1=C(C)N=c2s/c(=C3\C(=O)N(CCC)c4ccccc43)c(=O)n2[C@H]1c1ccc(OC)cc1. The Morgan fingerprint density at radius 1 is 1.16 bits per heavy atom. The third kappa shape index (κ3) is 4.09. The van der Waals surface area contributed by atoms with Crippen molar-refractivity contribution in [2.75, 3.05) is 25.2 Å². The molecule has 3 heterocycles. The average Bonchev–Trinajstić information content (AvgIpc) is 3.39. The Balaban J connectivity index is 1.78. The molecule has 2 aliphatic rings. The third-order valence-corrected chi connectivity index (χ3v) is 7.63. The van der Waals surface area contributed by atoms with E-state index in [1.807, 2.05) is 43.3 Å². The lowest BCUT2D eigenvalue weighted by molar-refractivity contribution is -0.138. The largest absolute Gasteiger partial charge is 0.497 e. The molecule has 0 fully saturated rings. The number of para-hydroxylation sites is 1. The summed E-state index contributed by atoms with van der Waals surface area (Å²) in [5, 5.41) is 0. The Kier molecular flexibility index (Phi) is 6.86. The predicted molar refractivity (Wildman–Crippen MR) is 146 cm³/mol. The third-order valence-electron chi connectivity index (χ3n) is 6.58. The van der Waals surface area contributed by atoms with Gasteiger partial charge in [-0.3, -0.25) is 14.2 Å². The number of carbonyl (C=O) groups excluding carboxylic acids is 2. The Bertz CT molecular complexity index is 1660. The van der Waals surface area contributed by atoms with Gasteiger partial charge in [0.2, 0.25) is 0 Å². The van der Waals surface area contributed by atoms with Crippen LogP contribution in [0.1, 0.15) is 37.4 Å². The number of thiazole rings is 1. The first-order valence-electron chi connectivity index (χ1n) is 12.3. The van der Waals surface area contributed by atoms with Crippen LogP contribution in [-0.4, -0.2) is 36.7 Å². The van der Waals surface area contributed by atoms with E-state index < -0.39 is 12.0 Å². The van der Waals surface area contributed by atoms with Crippen LogP contribution in [0.2, 0.25) is 0 Å². The zero-order chi connectivity index (χ0) is 27.0. The maximum atomic E-state index is 14.1. The number of benzene rings is 2. The van der Waals surface area contributed by atoms with Crippen LogP contribution in [0.4, 0.5) is 5.69 Å². The number of hydrogen-bond acceptors (Lipinski definition) is 7. The summed E-state index contributed by atoms with van der Waals surface area (Å²) in [4.78, 5) is 47.7. The number of hydrogen-bond donors (Lipinski definition) is 0. The lowest BCUT2D eigenvalue weighted by Gasteiger charge is -2.24. The van der Waals surface area contributed by atoms with Gasteiger partial charge in [-0.25, -0.2) is 9.79 Å². The van der Waals surface area contributed by atoms with Crippen molar-refractivity contribution in [3.63, 3.8) is 0 Å². The maximum absolute atomic E-state index is 14.1. The van der Waals surface area contributed by atoms with Crippen LogP contribution < -0.4 is 24.5 Å². The van der Waals surface area contributed by atoms with Gasteiger partial charge in [0, 0.05) is 12.1 Å². The van der Waals surface area contributed by atoms with Crippen LogP contribution in [-0.2, 0) is 14.3 Å². The van der Waals surface area contributed by atoms with Gasteiger partial charge in [0.1, 0.15) is 16.9 Å². The van der Waals surface area contributed by atoms with Gasteiger partial charge in [0.15, 0.2) is 4.80 Å². The molecule has 1 atom stereocenters. The molecule has 3 aromatic rings. The van der Waals surface area contributed by atoms with Crippen molar-refractivity contribution in [1.82, 2.24) is 4.57 Å². The standard InChI is InChI=1S/C29H27N3O5S/c1-5-15-31-21-10-8-7-9-20(21)23(26(31)33)25-27(34)32-24(18-11-13-19(36-4)14-12-18)22(28(35)37-16-6-2)17(3)30-29(32)38-25/h6-14,24H,2,5,15-16H2,1,3-4H3/b25-23-/t24-/m0/s1. The number of methoxy groups -OCH3 is 1. The molecular formula is C29H27N3O5S. The maximum Gasteiger partial charge on any atom is 0.338 e. The highest BCUT2D eigenvalue weighted by molar-refractivity contribution is 7.07. The van der Waals surface area contributed by atoms with Crippen LogP contribution in [0.15, 0.2) is 82.2 Å². The van der Waals surface area contributed by atoms with Crippen molar-refractivity contribution in [3.8, 4) is 5.75 Å². The first-order chi connectivity index (χ1) is 18.4. The van der Waals surface area contributed by atoms with Crippen molar-refractivity contribution in [2.24, 2.45) is 4.99 Å². The van der Waals surface area contributed by atoms with Gasteiger partial charge in [-0.05, 0) is 37.1 Å². The number of rotatable bonds is 7. The number of allylic oxidation sites excluding steroid dienone is 1. The van der Waals surface area contributed by atoms with E-state index in [4.69, 9.17) is 9.47 Å². The van der Waals surface area contributed by atoms with Crippen molar-refractivity contribution >= 4 is 34.5 Å². The van der Waals surface area contributed by atoms with E-state index in [0.717, 1.165) is 29.0 Å². The number of nitrogens with zero attached hydrogens (tertiary/aromatic N) is 3. The molecule has 1 aromatic heterocycles. The molecule has 0 unspecified atom stereocenters. The Labute approximate surface area is 223 Å². The molecule has 0 saturated carbocycles. The summed E-state index contributed by atoms with van der Waals surface area (Å²) in [5.41, 5.74) is 2.88. The molecule has 2 aliphatic heterocycles. The van der Waals surface area contributed by atoms with Gasteiger partial charge < -0.3 is 14.4 Å². The number of fused-ring (bicyclic) bond motifs is 2. The zero-order valence-corrected chi connectivity index (χ0v) is 22.2. The van der Waals surface area contributed by atoms with Crippen LogP contribution in [0.3, 0.4) is 0 Å². The van der Waals surface area contributed by atoms with Gasteiger partial charge >= 0.3 is 5.97 Å². The first-order valence-corrected chi connectivity index (χ1v) is 13.1. The molecule has 8 nitrogen and oxygen atoms in total. The molecule has 0 bridgehead atoms. The fourth-order valence-corrected chi connectivity index (χ4v) is 6.03. The van der Waals surface area contributed by atoms with E-state index in [1.165, 1.54) is 10.6 Å². The van der Waals surface area contributed by atoms with Crippen LogP contribution in [0, 0.1) is 0 Å². The Morgan fingerprint density at radius 2 is 1.89 bits per heavy atom. The molecule has 0 saturated heterocycles. The second-order valence-corrected chi connectivity index (χ2v) is 9.89. The lowest BCUT2D eigenvalue weighted by atomic mass is 9.96. The Hall–Kier alpha value is -4.24. The minimum absolute atomic E-state index is 0.0259. The van der Waals surface area contributed by atoms with Gasteiger partial charge in [0.05, 0.1) is 35.7 Å². The van der Waals surface area contributed by atoms with Crippen LogP contribution in [0.25, 0.3) is 5.57 Å². The summed E-state index contributed by atoms with van der Waals surface area (Å²) >= 11 is 1.16. The number of ether oxygens (including phenoxy) is 2. The molecule has 0 aliphatic carbocycles. The number of carbonyl (C=O) groups is 2. The molecule has 0 N–H and O–H groups in total. The summed E-state index contributed by atoms with van der Waals surface area (Å²) in [6.45, 7) is 7.91. The second kappa shape index (κ2) is 10.3. The number of aromatic nitrogens is 1. The highest BCUT2D eigenvalue weighted by Gasteiger charge is 2.37. The highest BCUT2D eigenvalue weighted by atomic mass is 32.1. The highest BCUT2D eigenvalue weighted by Crippen LogP contribution is 2.36. The topological polar surface area (TPSA) is 90.2 Å². The molecule has 9 heteroatoms. The fourth-order valence-electron chi connectivity index (χ4n) is 4.89. The van der Waals surface area contributed by atoms with Gasteiger partial charge in [-0.2, -0.15) is 0 Å². The van der Waals surface area contributed by atoms with E-state index in [2.05, 4.69) is 11.6 Å². The molecule has 0 radical (unpaired) electrons. The molecule has 0 spiro atoms. The molecule has 2 aromatic carbocycles. The summed E-state index contributed by atoms with van der Waals surface area (Å²) < 4.78 is 12.5. The number of esters is 1. The molecule has 38 heavy (non-hydrogen) atoms. The van der Waals surface area contributed by atoms with Crippen molar-refractivity contribution in [2.45, 2.75) is 26.3 Å². The minimum atomic E-state index is -0.790. The molecule has 5 rings (SSSR count). The molecule has 1 amide bonds. The molecule has 194 valence electrons. The van der Waals surface area contributed by atoms with E-state index in [1.54, 1.807) is 31.1 Å². The number of anilines is 1. The summed E-state index contributed by atoms with van der Waals surface area (Å²) in [7, 11) is 1.57. The van der Waals surface area contributed by atoms with Gasteiger partial charge in [-0.15, -0.1) is 0 Å². The fraction of sp³-hybridized carbons (Fsp3) is 0.241. The Morgan fingerprint density at radius 3 is 2.58 bits per heavy atom. The van der Waals surface area contributed by atoms with Crippen molar-refractivity contribution in [1.29, 1.82) is 0 Å². The normalized spacial score (nSPS) is 17.6. The summed E-state index contributed by atoms with van der Waals surface area (Å²) in [5.74, 6) is -0.147. The van der Waals surface area contributed by atoms with E-state index in [0.29, 0.717) is 38.5 Å². The quantitative estimate of drug-likeness (QED) is 0.347. The van der Waals surface area contributed by atoms with E-state index in [-0.39, 0.29) is 23.6 Å². The summed E-state index contributed by atoms with van der Waals surface area (Å²) in [6, 6.07) is 13.9. The molecular weight excluding hydrogens is 502 g/mol. The predicted octanol–water partition coefficient (Wildman–Crippen LogP) is 3.10. The smallest absolute Gasteiger partial charge is 0.338 e. The monoisotopic (exact) mass is 529 g/mol. The lowest BCUT2D eigenvalue weighted by Crippen LogP contribution is -2.41. The zero-order valence-electron chi connectivity index (χ0n) is 21.4. The van der Waals surface area contributed by atoms with Crippen molar-refractivity contribution in [3.05, 3.63) is 103 Å². The minimum Gasteiger partial charge on any atom is -0.497 e. The van der Waals surface area contributed by atoms with Crippen LogP contribution in [0.5, 0.6) is 5.75 Å². The average molecular weight is 530 g/mol. The summed E-state index contributed by atoms with van der Waals surface area (Å²) in [6.07, 6.45) is 2.26. The van der Waals surface area contributed by atoms with Gasteiger partial charge in [-0.1, -0.05) is 61.2 Å². The van der Waals surface area contributed by atoms with Crippen LogP contribution >= 0.6 is 11.3 Å². The van der Waals surface area contributed by atoms with Gasteiger partial charge in [0.25, 0.3) is 11.5 Å².